The smallest absolute Gasteiger partial charge is 0.137 e. The number of para-hydroxylation sites is 3. The van der Waals surface area contributed by atoms with Gasteiger partial charge in [0, 0.05) is 44.9 Å². The molecule has 0 atom stereocenters. The molecular formula is C49H30N4S. The van der Waals surface area contributed by atoms with Crippen molar-refractivity contribution in [3.8, 4) is 33.2 Å². The summed E-state index contributed by atoms with van der Waals surface area (Å²) in [5.41, 5.74) is 14.4. The third-order valence-corrected chi connectivity index (χ3v) is 12.4. The lowest BCUT2D eigenvalue weighted by molar-refractivity contribution is 0.983. The molecule has 252 valence electrons. The summed E-state index contributed by atoms with van der Waals surface area (Å²) in [5.74, 6) is 1.06. The van der Waals surface area contributed by atoms with Gasteiger partial charge in [-0.05, 0) is 82.4 Å². The zero-order valence-electron chi connectivity index (χ0n) is 29.0. The van der Waals surface area contributed by atoms with Crippen LogP contribution in [-0.2, 0) is 0 Å². The Labute approximate surface area is 314 Å². The van der Waals surface area contributed by atoms with Crippen LogP contribution >= 0.6 is 11.3 Å². The van der Waals surface area contributed by atoms with Crippen molar-refractivity contribution in [3.05, 3.63) is 193 Å². The molecule has 0 radical (unpaired) electrons. The molecule has 54 heavy (non-hydrogen) atoms. The first-order chi connectivity index (χ1) is 26.8. The average molecular weight is 707 g/mol. The van der Waals surface area contributed by atoms with Crippen LogP contribution in [0, 0.1) is 0 Å². The van der Waals surface area contributed by atoms with Gasteiger partial charge in [-0.1, -0.05) is 115 Å². The van der Waals surface area contributed by atoms with Crippen LogP contribution in [0.5, 0.6) is 0 Å². The molecule has 0 saturated carbocycles. The molecule has 0 fully saturated rings. The first-order valence-electron chi connectivity index (χ1n) is 18.4. The van der Waals surface area contributed by atoms with E-state index in [0.29, 0.717) is 0 Å². The van der Waals surface area contributed by atoms with Crippen LogP contribution in [0.15, 0.2) is 176 Å². The number of aromatic nitrogens is 4. The molecule has 4 nitrogen and oxygen atoms in total. The van der Waals surface area contributed by atoms with Gasteiger partial charge in [0.2, 0.25) is 0 Å². The third-order valence-electron chi connectivity index (χ3n) is 11.3. The summed E-state index contributed by atoms with van der Waals surface area (Å²) < 4.78 is 5.97. The molecule has 0 spiro atoms. The summed E-state index contributed by atoms with van der Waals surface area (Å²) in [5, 5.41) is 5.90. The molecule has 12 rings (SSSR count). The Hall–Kier alpha value is -6.82. The normalized spacial score (nSPS) is 12.7. The van der Waals surface area contributed by atoms with Crippen molar-refractivity contribution >= 4 is 65.2 Å². The van der Waals surface area contributed by atoms with Crippen molar-refractivity contribution in [1.29, 1.82) is 0 Å². The van der Waals surface area contributed by atoms with E-state index in [1.807, 2.05) is 6.20 Å². The van der Waals surface area contributed by atoms with Gasteiger partial charge in [0.25, 0.3) is 0 Å². The van der Waals surface area contributed by atoms with Crippen molar-refractivity contribution < 1.29 is 0 Å². The molecule has 0 unspecified atom stereocenters. The molecule has 4 heterocycles. The number of thiazole rings is 1. The lowest BCUT2D eigenvalue weighted by Gasteiger charge is -2.16. The fraction of sp³-hybridized carbons (Fsp3) is 0.0204. The number of fused-ring (bicyclic) bond motifs is 10. The maximum absolute atomic E-state index is 5.07. The highest BCUT2D eigenvalue weighted by atomic mass is 32.1. The third kappa shape index (κ3) is 4.24. The predicted octanol–water partition coefficient (Wildman–Crippen LogP) is 12.7. The molecule has 0 N–H and O–H groups in total. The second kappa shape index (κ2) is 11.3. The lowest BCUT2D eigenvalue weighted by atomic mass is 9.90. The summed E-state index contributed by atoms with van der Waals surface area (Å²) in [4.78, 5) is 10.1. The van der Waals surface area contributed by atoms with Crippen molar-refractivity contribution in [2.24, 2.45) is 0 Å². The van der Waals surface area contributed by atoms with Crippen LogP contribution in [-0.4, -0.2) is 19.1 Å². The minimum atomic E-state index is 0.144. The number of hydrogen-bond donors (Lipinski definition) is 0. The van der Waals surface area contributed by atoms with Gasteiger partial charge >= 0.3 is 0 Å². The monoisotopic (exact) mass is 706 g/mol. The molecular weight excluding hydrogens is 677 g/mol. The van der Waals surface area contributed by atoms with Crippen LogP contribution in [0.25, 0.3) is 87.0 Å². The Morgan fingerprint density at radius 2 is 1.09 bits per heavy atom. The van der Waals surface area contributed by atoms with Crippen molar-refractivity contribution in [2.45, 2.75) is 5.92 Å². The first-order valence-corrected chi connectivity index (χ1v) is 19.2. The Morgan fingerprint density at radius 3 is 1.85 bits per heavy atom. The van der Waals surface area contributed by atoms with E-state index in [0.717, 1.165) is 44.1 Å². The number of pyridine rings is 1. The Morgan fingerprint density at radius 1 is 0.481 bits per heavy atom. The van der Waals surface area contributed by atoms with Gasteiger partial charge in [-0.3, -0.25) is 4.57 Å². The van der Waals surface area contributed by atoms with Gasteiger partial charge in [-0.25, -0.2) is 9.97 Å². The summed E-state index contributed by atoms with van der Waals surface area (Å²) in [6, 6.07) is 61.7. The van der Waals surface area contributed by atoms with E-state index in [9.17, 15) is 0 Å². The fourth-order valence-corrected chi connectivity index (χ4v) is 9.93. The van der Waals surface area contributed by atoms with Gasteiger partial charge in [-0.2, -0.15) is 0 Å². The van der Waals surface area contributed by atoms with E-state index in [1.165, 1.54) is 59.6 Å². The topological polar surface area (TPSA) is 35.6 Å². The molecule has 0 amide bonds. The second-order valence-electron chi connectivity index (χ2n) is 14.2. The Kier molecular flexibility index (Phi) is 6.24. The minimum absolute atomic E-state index is 0.144. The van der Waals surface area contributed by atoms with Gasteiger partial charge in [-0.15, -0.1) is 11.3 Å². The van der Waals surface area contributed by atoms with Crippen LogP contribution in [0.3, 0.4) is 0 Å². The standard InChI is InChI=1S/C49H30N4S/c1-3-15-39-33(11-1)34-12-2-4-16-40(34)48(39)30-25-26-50-47(28-30)53-43-19-9-6-14-36(43)38-24-22-32(29-45(38)53)52-42-18-8-5-13-35(42)37-23-21-31(27-44(37)52)49-51-41-17-7-10-20-46(41)54-49/h1-29,48H. The summed E-state index contributed by atoms with van der Waals surface area (Å²) in [6.45, 7) is 0. The highest BCUT2D eigenvalue weighted by Gasteiger charge is 2.30. The Bertz CT molecular complexity index is 3230. The van der Waals surface area contributed by atoms with Crippen molar-refractivity contribution in [2.75, 3.05) is 0 Å². The van der Waals surface area contributed by atoms with E-state index < -0.39 is 0 Å². The van der Waals surface area contributed by atoms with Gasteiger partial charge < -0.3 is 4.57 Å². The van der Waals surface area contributed by atoms with Gasteiger partial charge in [0.15, 0.2) is 0 Å². The maximum Gasteiger partial charge on any atom is 0.137 e. The van der Waals surface area contributed by atoms with Gasteiger partial charge in [0.05, 0.1) is 32.3 Å². The molecule has 5 heteroatoms. The Balaban J connectivity index is 1.08. The van der Waals surface area contributed by atoms with Gasteiger partial charge in [0.1, 0.15) is 10.8 Å². The minimum Gasteiger partial charge on any atom is -0.309 e. The van der Waals surface area contributed by atoms with Crippen LogP contribution < -0.4 is 0 Å². The zero-order chi connectivity index (χ0) is 35.3. The first kappa shape index (κ1) is 29.7. The summed E-state index contributed by atoms with van der Waals surface area (Å²) >= 11 is 1.74. The second-order valence-corrected chi connectivity index (χ2v) is 15.2. The van der Waals surface area contributed by atoms with Crippen LogP contribution in [0.4, 0.5) is 0 Å². The van der Waals surface area contributed by atoms with E-state index >= 15 is 0 Å². The number of benzene rings is 7. The van der Waals surface area contributed by atoms with Crippen molar-refractivity contribution in [3.63, 3.8) is 0 Å². The summed E-state index contributed by atoms with van der Waals surface area (Å²) in [7, 11) is 0. The van der Waals surface area contributed by atoms with E-state index in [4.69, 9.17) is 9.97 Å². The lowest BCUT2D eigenvalue weighted by Crippen LogP contribution is -2.03. The SMILES string of the molecule is c1ccc2c(c1)-c1ccccc1C2c1ccnc(-n2c3ccccc3c3ccc(-n4c5ccccc5c5ccc(-c6nc7ccccc7s6)cc54)cc32)c1. The molecule has 0 aliphatic heterocycles. The van der Waals surface area contributed by atoms with Crippen LogP contribution in [0.1, 0.15) is 22.6 Å². The molecule has 0 bridgehead atoms. The number of nitrogens with zero attached hydrogens (tertiary/aromatic N) is 4. The van der Waals surface area contributed by atoms with E-state index in [1.54, 1.807) is 11.3 Å². The fourth-order valence-electron chi connectivity index (χ4n) is 8.97. The largest absolute Gasteiger partial charge is 0.309 e. The van der Waals surface area contributed by atoms with E-state index in [2.05, 4.69) is 179 Å². The summed E-state index contributed by atoms with van der Waals surface area (Å²) in [6.07, 6.45) is 1.98. The molecule has 0 saturated heterocycles. The number of rotatable bonds is 4. The predicted molar refractivity (Wildman–Crippen MR) is 224 cm³/mol. The quantitative estimate of drug-likeness (QED) is 0.183. The molecule has 1 aliphatic carbocycles. The highest BCUT2D eigenvalue weighted by molar-refractivity contribution is 7.21. The molecule has 11 aromatic rings. The van der Waals surface area contributed by atoms with E-state index in [-0.39, 0.29) is 5.92 Å². The molecule has 7 aromatic carbocycles. The van der Waals surface area contributed by atoms with Crippen molar-refractivity contribution in [1.82, 2.24) is 19.1 Å². The maximum atomic E-state index is 5.07. The number of hydrogen-bond acceptors (Lipinski definition) is 3. The van der Waals surface area contributed by atoms with Crippen LogP contribution in [0.2, 0.25) is 0 Å². The molecule has 1 aliphatic rings. The highest BCUT2D eigenvalue weighted by Crippen LogP contribution is 2.48. The zero-order valence-corrected chi connectivity index (χ0v) is 29.8. The average Bonchev–Trinajstić information content (AvgIpc) is 3.98. The molecule has 4 aromatic heterocycles.